The average Bonchev–Trinajstić information content (AvgIpc) is 2.40. The number of carbonyl (C=O) groups excluding carboxylic acids is 1. The molecule has 1 rings (SSSR count). The van der Waals surface area contributed by atoms with Gasteiger partial charge in [-0.15, -0.1) is 0 Å². The standard InChI is InChI=1S/C15H23Cl2N3O/c1-3-4-11(7-8-18)5-6-13(21)20-14-10(2)9-12(16)19-15(14)17/h9,11H,3-8,18H2,1-2H3,(H,20,21). The number of hydrogen-bond donors (Lipinski definition) is 2. The van der Waals surface area contributed by atoms with Crippen molar-refractivity contribution < 1.29 is 4.79 Å². The second kappa shape index (κ2) is 9.23. The Labute approximate surface area is 136 Å². The van der Waals surface area contributed by atoms with Gasteiger partial charge in [0.2, 0.25) is 5.91 Å². The molecule has 0 bridgehead atoms. The highest BCUT2D eigenvalue weighted by Gasteiger charge is 2.13. The van der Waals surface area contributed by atoms with E-state index in [4.69, 9.17) is 28.9 Å². The molecule has 118 valence electrons. The lowest BCUT2D eigenvalue weighted by Gasteiger charge is -2.15. The van der Waals surface area contributed by atoms with Crippen LogP contribution in [0, 0.1) is 12.8 Å². The Morgan fingerprint density at radius 3 is 2.67 bits per heavy atom. The molecule has 0 spiro atoms. The van der Waals surface area contributed by atoms with E-state index in [1.807, 2.05) is 6.92 Å². The fourth-order valence-electron chi connectivity index (χ4n) is 2.36. The predicted molar refractivity (Wildman–Crippen MR) is 88.9 cm³/mol. The number of aryl methyl sites for hydroxylation is 1. The summed E-state index contributed by atoms with van der Waals surface area (Å²) >= 11 is 11.8. The number of nitrogens with one attached hydrogen (secondary N) is 1. The maximum atomic E-state index is 12.1. The Kier molecular flexibility index (Phi) is 8.01. The third-order valence-electron chi connectivity index (χ3n) is 3.46. The third-order valence-corrected chi connectivity index (χ3v) is 3.92. The molecule has 0 aliphatic carbocycles. The fraction of sp³-hybridized carbons (Fsp3) is 0.600. The summed E-state index contributed by atoms with van der Waals surface area (Å²) < 4.78 is 0. The highest BCUT2D eigenvalue weighted by atomic mass is 35.5. The quantitative estimate of drug-likeness (QED) is 0.702. The number of nitrogens with two attached hydrogens (primary N) is 1. The third kappa shape index (κ3) is 6.20. The zero-order valence-electron chi connectivity index (χ0n) is 12.6. The van der Waals surface area contributed by atoms with Crippen molar-refractivity contribution in [3.05, 3.63) is 21.9 Å². The number of anilines is 1. The molecule has 1 unspecified atom stereocenters. The number of pyridine rings is 1. The summed E-state index contributed by atoms with van der Waals surface area (Å²) in [7, 11) is 0. The number of hydrogen-bond acceptors (Lipinski definition) is 3. The van der Waals surface area contributed by atoms with Crippen LogP contribution in [0.1, 0.15) is 44.6 Å². The minimum atomic E-state index is -0.0535. The summed E-state index contributed by atoms with van der Waals surface area (Å²) in [6.45, 7) is 4.65. The number of rotatable bonds is 8. The maximum Gasteiger partial charge on any atom is 0.224 e. The minimum Gasteiger partial charge on any atom is -0.330 e. The number of nitrogens with zero attached hydrogens (tertiary/aromatic N) is 1. The maximum absolute atomic E-state index is 12.1. The summed E-state index contributed by atoms with van der Waals surface area (Å²) in [6.07, 6.45) is 4.48. The van der Waals surface area contributed by atoms with Crippen molar-refractivity contribution in [1.82, 2.24) is 4.98 Å². The summed E-state index contributed by atoms with van der Waals surface area (Å²) in [5.74, 6) is 0.452. The van der Waals surface area contributed by atoms with E-state index in [0.717, 1.165) is 31.2 Å². The van der Waals surface area contributed by atoms with Gasteiger partial charge in [0.05, 0.1) is 5.69 Å². The molecule has 1 aromatic rings. The highest BCUT2D eigenvalue weighted by molar-refractivity contribution is 6.34. The predicted octanol–water partition coefficient (Wildman–Crippen LogP) is 4.18. The van der Waals surface area contributed by atoms with Gasteiger partial charge in [-0.1, -0.05) is 43.0 Å². The zero-order chi connectivity index (χ0) is 15.8. The van der Waals surface area contributed by atoms with Gasteiger partial charge in [0.1, 0.15) is 5.15 Å². The van der Waals surface area contributed by atoms with Crippen molar-refractivity contribution >= 4 is 34.8 Å². The van der Waals surface area contributed by atoms with E-state index in [1.165, 1.54) is 0 Å². The van der Waals surface area contributed by atoms with Crippen LogP contribution in [0.5, 0.6) is 0 Å². The van der Waals surface area contributed by atoms with Crippen molar-refractivity contribution in [3.8, 4) is 0 Å². The van der Waals surface area contributed by atoms with Gasteiger partial charge in [-0.3, -0.25) is 4.79 Å². The molecular formula is C15H23Cl2N3O. The molecule has 6 heteroatoms. The summed E-state index contributed by atoms with van der Waals surface area (Å²) in [5, 5.41) is 3.37. The van der Waals surface area contributed by atoms with Crippen LogP contribution < -0.4 is 11.1 Å². The van der Waals surface area contributed by atoms with Gasteiger partial charge in [-0.2, -0.15) is 0 Å². The van der Waals surface area contributed by atoms with Gasteiger partial charge in [-0.25, -0.2) is 4.98 Å². The number of halogens is 2. The molecule has 0 aliphatic heterocycles. The van der Waals surface area contributed by atoms with Crippen LogP contribution in [0.3, 0.4) is 0 Å². The average molecular weight is 332 g/mol. The second-order valence-corrected chi connectivity index (χ2v) is 5.99. The van der Waals surface area contributed by atoms with Crippen LogP contribution in [-0.4, -0.2) is 17.4 Å². The van der Waals surface area contributed by atoms with Crippen molar-refractivity contribution in [2.75, 3.05) is 11.9 Å². The Hall–Kier alpha value is -0.840. The molecule has 0 saturated heterocycles. The lowest BCUT2D eigenvalue weighted by atomic mass is 9.94. The van der Waals surface area contributed by atoms with Crippen LogP contribution in [0.4, 0.5) is 5.69 Å². The van der Waals surface area contributed by atoms with Gasteiger partial charge in [0, 0.05) is 6.42 Å². The van der Waals surface area contributed by atoms with Crippen LogP contribution in [0.2, 0.25) is 10.3 Å². The number of carbonyl (C=O) groups is 1. The Bertz CT molecular complexity index is 451. The first-order valence-electron chi connectivity index (χ1n) is 7.30. The smallest absolute Gasteiger partial charge is 0.224 e. The normalized spacial score (nSPS) is 12.2. The zero-order valence-corrected chi connectivity index (χ0v) is 14.1. The van der Waals surface area contributed by atoms with E-state index in [-0.39, 0.29) is 11.1 Å². The molecule has 1 heterocycles. The SMILES string of the molecule is CCCC(CCN)CCC(=O)Nc1c(C)cc(Cl)nc1Cl. The molecule has 0 aromatic carbocycles. The monoisotopic (exact) mass is 331 g/mol. The molecule has 0 saturated carbocycles. The van der Waals surface area contributed by atoms with E-state index < -0.39 is 0 Å². The molecule has 0 fully saturated rings. The van der Waals surface area contributed by atoms with Crippen LogP contribution >= 0.6 is 23.2 Å². The van der Waals surface area contributed by atoms with Gasteiger partial charge >= 0.3 is 0 Å². The first kappa shape index (κ1) is 18.2. The van der Waals surface area contributed by atoms with Crippen molar-refractivity contribution in [2.45, 2.75) is 46.0 Å². The molecule has 0 aliphatic rings. The molecule has 4 nitrogen and oxygen atoms in total. The van der Waals surface area contributed by atoms with Crippen molar-refractivity contribution in [2.24, 2.45) is 11.7 Å². The fourth-order valence-corrected chi connectivity index (χ4v) is 2.94. The molecule has 21 heavy (non-hydrogen) atoms. The molecular weight excluding hydrogens is 309 g/mol. The molecule has 0 radical (unpaired) electrons. The topological polar surface area (TPSA) is 68.0 Å². The number of aromatic nitrogens is 1. The first-order chi connectivity index (χ1) is 9.97. The molecule has 1 amide bonds. The van der Waals surface area contributed by atoms with Gasteiger partial charge in [-0.05, 0) is 43.9 Å². The largest absolute Gasteiger partial charge is 0.330 e. The minimum absolute atomic E-state index is 0.0535. The lowest BCUT2D eigenvalue weighted by molar-refractivity contribution is -0.116. The van der Waals surface area contributed by atoms with Gasteiger partial charge in [0.15, 0.2) is 5.15 Å². The Morgan fingerprint density at radius 1 is 1.38 bits per heavy atom. The number of amides is 1. The van der Waals surface area contributed by atoms with Gasteiger partial charge < -0.3 is 11.1 Å². The Morgan fingerprint density at radius 2 is 2.10 bits per heavy atom. The van der Waals surface area contributed by atoms with Gasteiger partial charge in [0.25, 0.3) is 0 Å². The van der Waals surface area contributed by atoms with Crippen LogP contribution in [0.25, 0.3) is 0 Å². The summed E-state index contributed by atoms with van der Waals surface area (Å²) in [4.78, 5) is 16.0. The van der Waals surface area contributed by atoms with E-state index in [9.17, 15) is 4.79 Å². The highest BCUT2D eigenvalue weighted by Crippen LogP contribution is 2.27. The van der Waals surface area contributed by atoms with Crippen molar-refractivity contribution in [3.63, 3.8) is 0 Å². The molecule has 3 N–H and O–H groups in total. The molecule has 1 aromatic heterocycles. The van der Waals surface area contributed by atoms with Crippen LogP contribution in [-0.2, 0) is 4.79 Å². The van der Waals surface area contributed by atoms with Crippen molar-refractivity contribution in [1.29, 1.82) is 0 Å². The van der Waals surface area contributed by atoms with E-state index in [1.54, 1.807) is 6.07 Å². The summed E-state index contributed by atoms with van der Waals surface area (Å²) in [5.41, 5.74) is 6.95. The summed E-state index contributed by atoms with van der Waals surface area (Å²) in [6, 6.07) is 1.68. The lowest BCUT2D eigenvalue weighted by Crippen LogP contribution is -2.16. The molecule has 1 atom stereocenters. The second-order valence-electron chi connectivity index (χ2n) is 5.25. The van der Waals surface area contributed by atoms with Crippen LogP contribution in [0.15, 0.2) is 6.07 Å². The van der Waals surface area contributed by atoms with E-state index >= 15 is 0 Å². The first-order valence-corrected chi connectivity index (χ1v) is 8.06. The van der Waals surface area contributed by atoms with E-state index in [0.29, 0.717) is 29.7 Å². The van der Waals surface area contributed by atoms with E-state index in [2.05, 4.69) is 17.2 Å². The Balaban J connectivity index is 2.57.